The Bertz CT molecular complexity index is 686. The monoisotopic (exact) mass is 301 g/mol. The van der Waals surface area contributed by atoms with Crippen molar-refractivity contribution in [3.05, 3.63) is 58.3 Å². The van der Waals surface area contributed by atoms with Crippen molar-refractivity contribution in [3.63, 3.8) is 0 Å². The maximum Gasteiger partial charge on any atom is 0.111 e. The number of aromatic amines is 1. The molecule has 90 valence electrons. The predicted molar refractivity (Wildman–Crippen MR) is 77.5 cm³/mol. The molecule has 0 spiro atoms. The number of benzene rings is 2. The van der Waals surface area contributed by atoms with Crippen LogP contribution in [0.15, 0.2) is 46.9 Å². The first-order valence-corrected chi connectivity index (χ1v) is 6.48. The molecule has 3 aromatic rings. The van der Waals surface area contributed by atoms with Crippen molar-refractivity contribution >= 4 is 32.7 Å². The van der Waals surface area contributed by atoms with Crippen LogP contribution in [0.25, 0.3) is 11.0 Å². The van der Waals surface area contributed by atoms with Crippen molar-refractivity contribution < 1.29 is 0 Å². The van der Waals surface area contributed by atoms with Crippen molar-refractivity contribution in [2.75, 3.05) is 5.73 Å². The first-order chi connectivity index (χ1) is 8.70. The first-order valence-electron chi connectivity index (χ1n) is 5.69. The van der Waals surface area contributed by atoms with E-state index in [0.29, 0.717) is 0 Å². The van der Waals surface area contributed by atoms with E-state index in [1.54, 1.807) is 0 Å². The lowest BCUT2D eigenvalue weighted by molar-refractivity contribution is 1.04. The molecule has 0 aliphatic carbocycles. The third-order valence-corrected chi connectivity index (χ3v) is 3.34. The van der Waals surface area contributed by atoms with Crippen LogP contribution in [0.4, 0.5) is 5.69 Å². The van der Waals surface area contributed by atoms with E-state index in [9.17, 15) is 0 Å². The Hall–Kier alpha value is -1.81. The highest BCUT2D eigenvalue weighted by Gasteiger charge is 2.04. The normalized spacial score (nSPS) is 10.9. The van der Waals surface area contributed by atoms with Crippen LogP contribution < -0.4 is 5.73 Å². The van der Waals surface area contributed by atoms with Gasteiger partial charge in [-0.2, -0.15) is 0 Å². The van der Waals surface area contributed by atoms with Crippen LogP contribution in [-0.2, 0) is 6.42 Å². The van der Waals surface area contributed by atoms with E-state index in [1.807, 2.05) is 42.5 Å². The Balaban J connectivity index is 1.92. The van der Waals surface area contributed by atoms with Gasteiger partial charge in [0, 0.05) is 16.6 Å². The van der Waals surface area contributed by atoms with Crippen LogP contribution in [0.5, 0.6) is 0 Å². The Morgan fingerprint density at radius 1 is 1.11 bits per heavy atom. The van der Waals surface area contributed by atoms with Gasteiger partial charge in [-0.1, -0.05) is 28.1 Å². The summed E-state index contributed by atoms with van der Waals surface area (Å²) in [7, 11) is 0. The molecule has 3 N–H and O–H groups in total. The number of imidazole rings is 1. The van der Waals surface area contributed by atoms with Gasteiger partial charge in [0.05, 0.1) is 11.0 Å². The summed E-state index contributed by atoms with van der Waals surface area (Å²) < 4.78 is 1.05. The van der Waals surface area contributed by atoms with E-state index in [2.05, 4.69) is 25.9 Å². The molecule has 0 saturated heterocycles. The first kappa shape index (κ1) is 11.3. The molecular weight excluding hydrogens is 290 g/mol. The Labute approximate surface area is 113 Å². The molecule has 0 fully saturated rings. The summed E-state index contributed by atoms with van der Waals surface area (Å²) >= 11 is 3.45. The minimum atomic E-state index is 0.784. The average Bonchev–Trinajstić information content (AvgIpc) is 2.73. The number of rotatable bonds is 2. The largest absolute Gasteiger partial charge is 0.399 e. The molecule has 3 rings (SSSR count). The second-order valence-corrected chi connectivity index (χ2v) is 5.18. The number of hydrogen-bond donors (Lipinski definition) is 2. The molecule has 3 nitrogen and oxygen atoms in total. The standard InChI is InChI=1S/C14H12BrN3/c15-10-3-6-12-13(8-10)18-14(17-12)7-9-1-4-11(16)5-2-9/h1-6,8H,7,16H2,(H,17,18). The molecule has 4 heteroatoms. The summed E-state index contributed by atoms with van der Waals surface area (Å²) in [6.07, 6.45) is 0.784. The fourth-order valence-electron chi connectivity index (χ4n) is 1.95. The summed E-state index contributed by atoms with van der Waals surface area (Å²) in [6.45, 7) is 0. The molecule has 1 heterocycles. The molecule has 0 atom stereocenters. The molecule has 0 amide bonds. The van der Waals surface area contributed by atoms with E-state index in [-0.39, 0.29) is 0 Å². The summed E-state index contributed by atoms with van der Waals surface area (Å²) in [5, 5.41) is 0. The summed E-state index contributed by atoms with van der Waals surface area (Å²) in [5.74, 6) is 0.966. The van der Waals surface area contributed by atoms with Crippen LogP contribution in [0.3, 0.4) is 0 Å². The Morgan fingerprint density at radius 2 is 1.89 bits per heavy atom. The number of nitrogen functional groups attached to an aromatic ring is 1. The molecule has 2 aromatic carbocycles. The van der Waals surface area contributed by atoms with Crippen molar-refractivity contribution in [2.45, 2.75) is 6.42 Å². The van der Waals surface area contributed by atoms with Gasteiger partial charge in [0.15, 0.2) is 0 Å². The average molecular weight is 302 g/mol. The van der Waals surface area contributed by atoms with Crippen molar-refractivity contribution in [1.29, 1.82) is 0 Å². The third kappa shape index (κ3) is 2.24. The van der Waals surface area contributed by atoms with Gasteiger partial charge >= 0.3 is 0 Å². The van der Waals surface area contributed by atoms with Gasteiger partial charge in [-0.3, -0.25) is 0 Å². The SMILES string of the molecule is Nc1ccc(Cc2nc3ccc(Br)cc3[nH]2)cc1. The predicted octanol–water partition coefficient (Wildman–Crippen LogP) is 3.50. The molecule has 0 aliphatic heterocycles. The van der Waals surface area contributed by atoms with Crippen molar-refractivity contribution in [2.24, 2.45) is 0 Å². The molecule has 0 unspecified atom stereocenters. The van der Waals surface area contributed by atoms with Gasteiger partial charge in [0.25, 0.3) is 0 Å². The van der Waals surface area contributed by atoms with E-state index in [4.69, 9.17) is 5.73 Å². The minimum Gasteiger partial charge on any atom is -0.399 e. The second kappa shape index (κ2) is 4.46. The molecule has 1 aromatic heterocycles. The van der Waals surface area contributed by atoms with Gasteiger partial charge in [-0.15, -0.1) is 0 Å². The molecule has 0 bridgehead atoms. The van der Waals surface area contributed by atoms with E-state index in [1.165, 1.54) is 5.56 Å². The van der Waals surface area contributed by atoms with E-state index >= 15 is 0 Å². The van der Waals surface area contributed by atoms with Gasteiger partial charge in [-0.05, 0) is 35.9 Å². The minimum absolute atomic E-state index is 0.784. The zero-order valence-corrected chi connectivity index (χ0v) is 11.2. The summed E-state index contributed by atoms with van der Waals surface area (Å²) in [5.41, 5.74) is 9.69. The van der Waals surface area contributed by atoms with Gasteiger partial charge in [0.1, 0.15) is 5.82 Å². The van der Waals surface area contributed by atoms with Gasteiger partial charge in [-0.25, -0.2) is 4.98 Å². The van der Waals surface area contributed by atoms with E-state index < -0.39 is 0 Å². The van der Waals surface area contributed by atoms with Crippen LogP contribution in [-0.4, -0.2) is 9.97 Å². The van der Waals surface area contributed by atoms with Crippen LogP contribution >= 0.6 is 15.9 Å². The highest BCUT2D eigenvalue weighted by Crippen LogP contribution is 2.19. The molecule has 0 aliphatic rings. The second-order valence-electron chi connectivity index (χ2n) is 4.26. The number of nitrogens with zero attached hydrogens (tertiary/aromatic N) is 1. The quantitative estimate of drug-likeness (QED) is 0.712. The maximum atomic E-state index is 5.67. The van der Waals surface area contributed by atoms with Crippen LogP contribution in [0.1, 0.15) is 11.4 Å². The highest BCUT2D eigenvalue weighted by atomic mass is 79.9. The molecule has 18 heavy (non-hydrogen) atoms. The maximum absolute atomic E-state index is 5.67. The molecule has 0 saturated carbocycles. The zero-order chi connectivity index (χ0) is 12.5. The summed E-state index contributed by atoms with van der Waals surface area (Å²) in [6, 6.07) is 13.9. The number of aromatic nitrogens is 2. The lowest BCUT2D eigenvalue weighted by Crippen LogP contribution is -1.91. The van der Waals surface area contributed by atoms with E-state index in [0.717, 1.165) is 33.4 Å². The fraction of sp³-hybridized carbons (Fsp3) is 0.0714. The number of fused-ring (bicyclic) bond motifs is 1. The lowest BCUT2D eigenvalue weighted by atomic mass is 10.1. The number of hydrogen-bond acceptors (Lipinski definition) is 2. The number of halogens is 1. The van der Waals surface area contributed by atoms with Crippen LogP contribution in [0, 0.1) is 0 Å². The Morgan fingerprint density at radius 3 is 2.67 bits per heavy atom. The number of nitrogens with two attached hydrogens (primary N) is 1. The third-order valence-electron chi connectivity index (χ3n) is 2.84. The van der Waals surface area contributed by atoms with Gasteiger partial charge in [0.2, 0.25) is 0 Å². The smallest absolute Gasteiger partial charge is 0.111 e. The number of anilines is 1. The number of nitrogens with one attached hydrogen (secondary N) is 1. The van der Waals surface area contributed by atoms with Gasteiger partial charge < -0.3 is 10.7 Å². The highest BCUT2D eigenvalue weighted by molar-refractivity contribution is 9.10. The molecule has 0 radical (unpaired) electrons. The summed E-state index contributed by atoms with van der Waals surface area (Å²) in [4.78, 5) is 7.89. The topological polar surface area (TPSA) is 54.7 Å². The fourth-order valence-corrected chi connectivity index (χ4v) is 2.31. The van der Waals surface area contributed by atoms with Crippen LogP contribution in [0.2, 0.25) is 0 Å². The van der Waals surface area contributed by atoms with Crippen molar-refractivity contribution in [1.82, 2.24) is 9.97 Å². The number of H-pyrrole nitrogens is 1. The lowest BCUT2D eigenvalue weighted by Gasteiger charge is -1.98. The van der Waals surface area contributed by atoms with Crippen molar-refractivity contribution in [3.8, 4) is 0 Å². The molecular formula is C14H12BrN3. The zero-order valence-electron chi connectivity index (χ0n) is 9.65. The Kier molecular flexibility index (Phi) is 2.80.